The minimum atomic E-state index is 0.0920. The predicted molar refractivity (Wildman–Crippen MR) is 62.7 cm³/mol. The van der Waals surface area contributed by atoms with Crippen LogP contribution in [0, 0.1) is 11.3 Å². The minimum Gasteiger partial charge on any atom is -0.368 e. The first-order chi connectivity index (χ1) is 8.70. The third-order valence-electron chi connectivity index (χ3n) is 2.15. The average Bonchev–Trinajstić information content (AvgIpc) is 2.89. The van der Waals surface area contributed by atoms with Crippen molar-refractivity contribution < 1.29 is 0 Å². The fraction of sp³-hybridized carbons (Fsp3) is 0.333. The molecule has 0 aliphatic carbocycles. The lowest BCUT2D eigenvalue weighted by Gasteiger charge is -2.15. The Morgan fingerprint density at radius 2 is 2.28 bits per heavy atom. The highest BCUT2D eigenvalue weighted by molar-refractivity contribution is 5.36. The molecular formula is C9H11N9. The van der Waals surface area contributed by atoms with Crippen LogP contribution in [0.25, 0.3) is 5.95 Å². The molecule has 0 fully saturated rings. The van der Waals surface area contributed by atoms with Crippen LogP contribution in [0.4, 0.5) is 11.9 Å². The SMILES string of the molecule is CN(CCC#N)c1nc(N)nc(-n2cncn2)n1. The molecule has 0 spiro atoms. The molecule has 2 rings (SSSR count). The van der Waals surface area contributed by atoms with E-state index in [-0.39, 0.29) is 5.95 Å². The van der Waals surface area contributed by atoms with Crippen molar-refractivity contribution in [2.75, 3.05) is 24.2 Å². The summed E-state index contributed by atoms with van der Waals surface area (Å²) in [6.45, 7) is 0.511. The number of hydrogen-bond donors (Lipinski definition) is 1. The molecule has 2 aromatic heterocycles. The highest BCUT2D eigenvalue weighted by atomic mass is 15.4. The number of nitrogen functional groups attached to an aromatic ring is 1. The lowest BCUT2D eigenvalue weighted by molar-refractivity contribution is 0.776. The number of rotatable bonds is 4. The Labute approximate surface area is 103 Å². The summed E-state index contributed by atoms with van der Waals surface area (Å²) in [5.74, 6) is 0.774. The quantitative estimate of drug-likeness (QED) is 0.756. The maximum absolute atomic E-state index is 8.54. The largest absolute Gasteiger partial charge is 0.368 e. The third kappa shape index (κ3) is 2.49. The van der Waals surface area contributed by atoms with E-state index in [1.54, 1.807) is 11.9 Å². The van der Waals surface area contributed by atoms with Crippen LogP contribution < -0.4 is 10.6 Å². The van der Waals surface area contributed by atoms with Crippen molar-refractivity contribution in [3.05, 3.63) is 12.7 Å². The number of aromatic nitrogens is 6. The van der Waals surface area contributed by atoms with Gasteiger partial charge in [0.1, 0.15) is 12.7 Å². The zero-order valence-corrected chi connectivity index (χ0v) is 9.72. The molecule has 2 N–H and O–H groups in total. The molecule has 9 heteroatoms. The predicted octanol–water partition coefficient (Wildman–Crippen LogP) is -0.616. The second-order valence-corrected chi connectivity index (χ2v) is 3.46. The molecule has 0 radical (unpaired) electrons. The van der Waals surface area contributed by atoms with E-state index in [4.69, 9.17) is 11.0 Å². The maximum atomic E-state index is 8.54. The monoisotopic (exact) mass is 245 g/mol. The summed E-state index contributed by atoms with van der Waals surface area (Å²) in [7, 11) is 1.78. The van der Waals surface area contributed by atoms with Gasteiger partial charge in [-0.25, -0.2) is 4.98 Å². The molecule has 9 nitrogen and oxygen atoms in total. The van der Waals surface area contributed by atoms with Crippen LogP contribution in [0.5, 0.6) is 0 Å². The first-order valence-electron chi connectivity index (χ1n) is 5.15. The summed E-state index contributed by atoms with van der Waals surface area (Å²) in [5.41, 5.74) is 5.62. The molecule has 0 saturated heterocycles. The standard InChI is InChI=1S/C9H11N9/c1-17(4-2-3-10)8-14-7(11)15-9(16-8)18-6-12-5-13-18/h5-6H,2,4H2,1H3,(H2,11,14,15,16). The van der Waals surface area contributed by atoms with Crippen LogP contribution in [-0.4, -0.2) is 43.3 Å². The number of hydrogen-bond acceptors (Lipinski definition) is 8. The first-order valence-corrected chi connectivity index (χ1v) is 5.15. The van der Waals surface area contributed by atoms with Crippen LogP contribution in [-0.2, 0) is 0 Å². The Balaban J connectivity index is 2.30. The van der Waals surface area contributed by atoms with Gasteiger partial charge < -0.3 is 10.6 Å². The second-order valence-electron chi connectivity index (χ2n) is 3.46. The van der Waals surface area contributed by atoms with Crippen LogP contribution in [0.3, 0.4) is 0 Å². The van der Waals surface area contributed by atoms with E-state index < -0.39 is 0 Å². The smallest absolute Gasteiger partial charge is 0.258 e. The van der Waals surface area contributed by atoms with E-state index in [2.05, 4.69) is 31.1 Å². The Morgan fingerprint density at radius 3 is 2.94 bits per heavy atom. The molecule has 0 aromatic carbocycles. The molecule has 2 aromatic rings. The lowest BCUT2D eigenvalue weighted by atomic mass is 10.4. The minimum absolute atomic E-state index is 0.0920. The zero-order chi connectivity index (χ0) is 13.0. The van der Waals surface area contributed by atoms with Crippen LogP contribution in [0.2, 0.25) is 0 Å². The molecular weight excluding hydrogens is 234 g/mol. The van der Waals surface area contributed by atoms with Gasteiger partial charge in [-0.1, -0.05) is 0 Å². The lowest BCUT2D eigenvalue weighted by Crippen LogP contribution is -2.22. The van der Waals surface area contributed by atoms with Gasteiger partial charge >= 0.3 is 0 Å². The van der Waals surface area contributed by atoms with E-state index in [9.17, 15) is 0 Å². The van der Waals surface area contributed by atoms with Crippen molar-refractivity contribution in [2.24, 2.45) is 0 Å². The first kappa shape index (κ1) is 11.7. The molecule has 0 atom stereocenters. The number of nitrogens with zero attached hydrogens (tertiary/aromatic N) is 8. The average molecular weight is 245 g/mol. The van der Waals surface area contributed by atoms with E-state index in [0.29, 0.717) is 24.9 Å². The van der Waals surface area contributed by atoms with Crippen molar-refractivity contribution in [1.29, 1.82) is 5.26 Å². The van der Waals surface area contributed by atoms with Crippen molar-refractivity contribution in [1.82, 2.24) is 29.7 Å². The van der Waals surface area contributed by atoms with Gasteiger partial charge in [-0.3, -0.25) is 0 Å². The summed E-state index contributed by atoms with van der Waals surface area (Å²) >= 11 is 0. The van der Waals surface area contributed by atoms with Crippen LogP contribution >= 0.6 is 0 Å². The molecule has 0 bridgehead atoms. The summed E-state index contributed by atoms with van der Waals surface area (Å²) in [6, 6.07) is 2.05. The Morgan fingerprint density at radius 1 is 1.44 bits per heavy atom. The Kier molecular flexibility index (Phi) is 3.29. The molecule has 92 valence electrons. The van der Waals surface area contributed by atoms with Crippen molar-refractivity contribution in [3.8, 4) is 12.0 Å². The zero-order valence-electron chi connectivity index (χ0n) is 9.72. The van der Waals surface area contributed by atoms with Crippen molar-refractivity contribution >= 4 is 11.9 Å². The molecule has 0 saturated carbocycles. The molecule has 0 unspecified atom stereocenters. The van der Waals surface area contributed by atoms with E-state index >= 15 is 0 Å². The van der Waals surface area contributed by atoms with Gasteiger partial charge in [-0.05, 0) is 0 Å². The third-order valence-corrected chi connectivity index (χ3v) is 2.15. The van der Waals surface area contributed by atoms with Gasteiger partial charge in [-0.15, -0.1) is 0 Å². The highest BCUT2D eigenvalue weighted by Crippen LogP contribution is 2.09. The maximum Gasteiger partial charge on any atom is 0.258 e. The Bertz CT molecular complexity index is 556. The summed E-state index contributed by atoms with van der Waals surface area (Å²) < 4.78 is 1.39. The van der Waals surface area contributed by atoms with Gasteiger partial charge in [0.25, 0.3) is 5.95 Å². The van der Waals surface area contributed by atoms with Crippen molar-refractivity contribution in [3.63, 3.8) is 0 Å². The Hall–Kier alpha value is -2.76. The number of nitriles is 1. The second kappa shape index (κ2) is 5.05. The number of anilines is 2. The highest BCUT2D eigenvalue weighted by Gasteiger charge is 2.10. The fourth-order valence-corrected chi connectivity index (χ4v) is 1.27. The molecule has 0 amide bonds. The van der Waals surface area contributed by atoms with E-state index in [0.717, 1.165) is 0 Å². The van der Waals surface area contributed by atoms with E-state index in [1.165, 1.54) is 17.3 Å². The summed E-state index contributed by atoms with van der Waals surface area (Å²) in [5, 5.41) is 12.5. The summed E-state index contributed by atoms with van der Waals surface area (Å²) in [4.78, 5) is 17.7. The van der Waals surface area contributed by atoms with Gasteiger partial charge in [0.2, 0.25) is 11.9 Å². The number of nitrogens with two attached hydrogens (primary N) is 1. The van der Waals surface area contributed by atoms with Gasteiger partial charge in [-0.2, -0.15) is 30.0 Å². The normalized spacial score (nSPS) is 10.0. The molecule has 0 aliphatic heterocycles. The van der Waals surface area contributed by atoms with E-state index in [1.807, 2.05) is 0 Å². The molecule has 2 heterocycles. The van der Waals surface area contributed by atoms with Crippen LogP contribution in [0.15, 0.2) is 12.7 Å². The molecule has 0 aliphatic rings. The van der Waals surface area contributed by atoms with Crippen LogP contribution in [0.1, 0.15) is 6.42 Å². The van der Waals surface area contributed by atoms with Gasteiger partial charge in [0.05, 0.1) is 12.5 Å². The topological polar surface area (TPSA) is 122 Å². The van der Waals surface area contributed by atoms with Gasteiger partial charge in [0, 0.05) is 13.6 Å². The fourth-order valence-electron chi connectivity index (χ4n) is 1.27. The van der Waals surface area contributed by atoms with Crippen molar-refractivity contribution in [2.45, 2.75) is 6.42 Å². The molecule has 18 heavy (non-hydrogen) atoms. The van der Waals surface area contributed by atoms with Gasteiger partial charge in [0.15, 0.2) is 0 Å². The summed E-state index contributed by atoms with van der Waals surface area (Å²) in [6.07, 6.45) is 3.22.